The summed E-state index contributed by atoms with van der Waals surface area (Å²) < 4.78 is 4.69. The number of nitrogens with one attached hydrogen (secondary N) is 1. The van der Waals surface area contributed by atoms with E-state index < -0.39 is 6.04 Å². The molecule has 0 radical (unpaired) electrons. The van der Waals surface area contributed by atoms with E-state index in [-0.39, 0.29) is 23.2 Å². The molecule has 5 nitrogen and oxygen atoms in total. The lowest BCUT2D eigenvalue weighted by Crippen LogP contribution is -2.49. The highest BCUT2D eigenvalue weighted by Gasteiger charge is 2.28. The largest absolute Gasteiger partial charge is 0.469 e. The molecule has 20 heavy (non-hydrogen) atoms. The minimum atomic E-state index is -0.555. The van der Waals surface area contributed by atoms with Crippen LogP contribution < -0.4 is 11.1 Å². The van der Waals surface area contributed by atoms with Crippen molar-refractivity contribution < 1.29 is 14.3 Å². The maximum Gasteiger partial charge on any atom is 0.305 e. The molecule has 2 atom stereocenters. The molecule has 0 heterocycles. The fourth-order valence-corrected chi connectivity index (χ4v) is 1.97. The van der Waals surface area contributed by atoms with Gasteiger partial charge in [-0.1, -0.05) is 34.6 Å². The van der Waals surface area contributed by atoms with Crippen molar-refractivity contribution in [3.8, 4) is 0 Å². The standard InChI is InChI=1S/C15H30N2O3/c1-10(2)7-11(8-12(18)20-6)9-17-14(19)13(16)15(3,4)5/h10-11,13H,7-9,16H2,1-6H3,(H,17,19)/t11?,13-/m1/s1. The van der Waals surface area contributed by atoms with Gasteiger partial charge in [-0.3, -0.25) is 9.59 Å². The third-order valence-corrected chi connectivity index (χ3v) is 3.27. The molecular formula is C15H30N2O3. The van der Waals surface area contributed by atoms with E-state index in [0.29, 0.717) is 18.9 Å². The quantitative estimate of drug-likeness (QED) is 0.698. The van der Waals surface area contributed by atoms with Crippen LogP contribution in [0.5, 0.6) is 0 Å². The van der Waals surface area contributed by atoms with E-state index in [0.717, 1.165) is 6.42 Å². The molecule has 0 rings (SSSR count). The Morgan fingerprint density at radius 2 is 1.80 bits per heavy atom. The number of carbonyl (C=O) groups excluding carboxylic acids is 2. The average molecular weight is 286 g/mol. The zero-order valence-corrected chi connectivity index (χ0v) is 13.7. The van der Waals surface area contributed by atoms with Gasteiger partial charge in [0.25, 0.3) is 0 Å². The van der Waals surface area contributed by atoms with Crippen LogP contribution in [0.4, 0.5) is 0 Å². The third kappa shape index (κ3) is 7.48. The molecule has 0 spiro atoms. The summed E-state index contributed by atoms with van der Waals surface area (Å²) in [5, 5.41) is 2.85. The van der Waals surface area contributed by atoms with Crippen LogP contribution in [-0.4, -0.2) is 31.6 Å². The normalized spacial score (nSPS) is 14.8. The lowest BCUT2D eigenvalue weighted by Gasteiger charge is -2.27. The first-order chi connectivity index (χ1) is 9.07. The van der Waals surface area contributed by atoms with Crippen molar-refractivity contribution in [3.05, 3.63) is 0 Å². The summed E-state index contributed by atoms with van der Waals surface area (Å²) in [6.45, 7) is 10.4. The number of carbonyl (C=O) groups is 2. The molecule has 0 aromatic carbocycles. The van der Waals surface area contributed by atoms with Crippen molar-refractivity contribution >= 4 is 11.9 Å². The molecule has 0 fully saturated rings. The second-order valence-corrected chi connectivity index (χ2v) is 6.86. The SMILES string of the molecule is COC(=O)CC(CNC(=O)[C@@H](N)C(C)(C)C)CC(C)C. The van der Waals surface area contributed by atoms with Crippen LogP contribution in [-0.2, 0) is 14.3 Å². The second-order valence-electron chi connectivity index (χ2n) is 6.86. The maximum atomic E-state index is 12.0. The summed E-state index contributed by atoms with van der Waals surface area (Å²) in [6.07, 6.45) is 1.18. The Hall–Kier alpha value is -1.10. The Balaban J connectivity index is 4.45. The Morgan fingerprint density at radius 3 is 2.20 bits per heavy atom. The molecule has 0 bridgehead atoms. The molecule has 3 N–H and O–H groups in total. The highest BCUT2D eigenvalue weighted by molar-refractivity contribution is 5.82. The zero-order valence-electron chi connectivity index (χ0n) is 13.7. The van der Waals surface area contributed by atoms with Crippen LogP contribution in [0.15, 0.2) is 0 Å². The Morgan fingerprint density at radius 1 is 1.25 bits per heavy atom. The second kappa shape index (κ2) is 8.25. The smallest absolute Gasteiger partial charge is 0.305 e. The predicted octanol–water partition coefficient (Wildman–Crippen LogP) is 1.70. The summed E-state index contributed by atoms with van der Waals surface area (Å²) >= 11 is 0. The number of methoxy groups -OCH3 is 1. The highest BCUT2D eigenvalue weighted by atomic mass is 16.5. The summed E-state index contributed by atoms with van der Waals surface area (Å²) in [7, 11) is 1.38. The van der Waals surface area contributed by atoms with E-state index in [1.165, 1.54) is 7.11 Å². The molecule has 0 saturated heterocycles. The van der Waals surface area contributed by atoms with Crippen LogP contribution in [0.3, 0.4) is 0 Å². The Labute approximate surface area is 122 Å². The minimum absolute atomic E-state index is 0.0820. The van der Waals surface area contributed by atoms with Crippen molar-refractivity contribution in [2.75, 3.05) is 13.7 Å². The van der Waals surface area contributed by atoms with Gasteiger partial charge < -0.3 is 15.8 Å². The van der Waals surface area contributed by atoms with E-state index in [2.05, 4.69) is 19.2 Å². The molecule has 1 unspecified atom stereocenters. The number of nitrogens with two attached hydrogens (primary N) is 1. The minimum Gasteiger partial charge on any atom is -0.469 e. The van der Waals surface area contributed by atoms with Gasteiger partial charge in [-0.15, -0.1) is 0 Å². The molecule has 5 heteroatoms. The lowest BCUT2D eigenvalue weighted by molar-refractivity contribution is -0.142. The zero-order chi connectivity index (χ0) is 15.9. The molecule has 0 aromatic heterocycles. The topological polar surface area (TPSA) is 81.4 Å². The van der Waals surface area contributed by atoms with E-state index in [1.807, 2.05) is 20.8 Å². The van der Waals surface area contributed by atoms with Gasteiger partial charge in [-0.25, -0.2) is 0 Å². The average Bonchev–Trinajstić information content (AvgIpc) is 2.32. The van der Waals surface area contributed by atoms with Gasteiger partial charge in [-0.05, 0) is 23.7 Å². The fourth-order valence-electron chi connectivity index (χ4n) is 1.97. The van der Waals surface area contributed by atoms with Crippen LogP contribution in [0.1, 0.15) is 47.5 Å². The summed E-state index contributed by atoms with van der Waals surface area (Å²) in [5.41, 5.74) is 5.63. The summed E-state index contributed by atoms with van der Waals surface area (Å²) in [6, 6.07) is -0.555. The van der Waals surface area contributed by atoms with Gasteiger partial charge in [0.05, 0.1) is 13.2 Å². The van der Waals surface area contributed by atoms with Gasteiger partial charge in [0.2, 0.25) is 5.91 Å². The van der Waals surface area contributed by atoms with Crippen molar-refractivity contribution in [1.82, 2.24) is 5.32 Å². The first-order valence-corrected chi connectivity index (χ1v) is 7.18. The maximum absolute atomic E-state index is 12.0. The van der Waals surface area contributed by atoms with Crippen LogP contribution >= 0.6 is 0 Å². The summed E-state index contributed by atoms with van der Waals surface area (Å²) in [4.78, 5) is 23.4. The molecule has 0 aromatic rings. The first-order valence-electron chi connectivity index (χ1n) is 7.18. The van der Waals surface area contributed by atoms with E-state index >= 15 is 0 Å². The van der Waals surface area contributed by atoms with Gasteiger partial charge in [0, 0.05) is 13.0 Å². The number of hydrogen-bond donors (Lipinski definition) is 2. The monoisotopic (exact) mass is 286 g/mol. The van der Waals surface area contributed by atoms with Crippen LogP contribution in [0, 0.1) is 17.3 Å². The number of rotatable bonds is 7. The summed E-state index contributed by atoms with van der Waals surface area (Å²) in [5.74, 6) is 0.123. The number of amides is 1. The Kier molecular flexibility index (Phi) is 7.79. The van der Waals surface area contributed by atoms with Crippen molar-refractivity contribution in [2.24, 2.45) is 23.0 Å². The van der Waals surface area contributed by atoms with Crippen molar-refractivity contribution in [3.63, 3.8) is 0 Å². The van der Waals surface area contributed by atoms with Gasteiger partial charge in [0.1, 0.15) is 0 Å². The number of esters is 1. The van der Waals surface area contributed by atoms with Gasteiger partial charge in [0.15, 0.2) is 0 Å². The van der Waals surface area contributed by atoms with Crippen molar-refractivity contribution in [1.29, 1.82) is 0 Å². The highest BCUT2D eigenvalue weighted by Crippen LogP contribution is 2.18. The van der Waals surface area contributed by atoms with Crippen LogP contribution in [0.25, 0.3) is 0 Å². The van der Waals surface area contributed by atoms with E-state index in [4.69, 9.17) is 10.5 Å². The molecule has 0 aliphatic heterocycles. The predicted molar refractivity (Wildman–Crippen MR) is 80.0 cm³/mol. The molecular weight excluding hydrogens is 256 g/mol. The first kappa shape index (κ1) is 18.9. The van der Waals surface area contributed by atoms with Gasteiger partial charge >= 0.3 is 5.97 Å². The molecule has 118 valence electrons. The third-order valence-electron chi connectivity index (χ3n) is 3.27. The fraction of sp³-hybridized carbons (Fsp3) is 0.867. The van der Waals surface area contributed by atoms with E-state index in [1.54, 1.807) is 0 Å². The molecule has 0 aliphatic carbocycles. The molecule has 0 aliphatic rings. The number of hydrogen-bond acceptors (Lipinski definition) is 4. The van der Waals surface area contributed by atoms with E-state index in [9.17, 15) is 9.59 Å². The molecule has 1 amide bonds. The van der Waals surface area contributed by atoms with Crippen molar-refractivity contribution in [2.45, 2.75) is 53.5 Å². The lowest BCUT2D eigenvalue weighted by atomic mass is 9.86. The molecule has 0 saturated carbocycles. The Bertz CT molecular complexity index is 322. The van der Waals surface area contributed by atoms with Crippen LogP contribution in [0.2, 0.25) is 0 Å². The van der Waals surface area contributed by atoms with Gasteiger partial charge in [-0.2, -0.15) is 0 Å². The number of ether oxygens (including phenoxy) is 1.